The van der Waals surface area contributed by atoms with Crippen LogP contribution in [0.3, 0.4) is 0 Å². The lowest BCUT2D eigenvalue weighted by Crippen LogP contribution is -2.16. The van der Waals surface area contributed by atoms with E-state index in [2.05, 4.69) is 31.4 Å². The normalized spacial score (nSPS) is 13.5. The molecule has 0 spiro atoms. The lowest BCUT2D eigenvalue weighted by Gasteiger charge is -2.07. The monoisotopic (exact) mass is 524 g/mol. The van der Waals surface area contributed by atoms with E-state index in [4.69, 9.17) is 9.15 Å². The molecule has 0 saturated heterocycles. The summed E-state index contributed by atoms with van der Waals surface area (Å²) >= 11 is 6.03. The first-order valence-corrected chi connectivity index (χ1v) is 12.4. The van der Waals surface area contributed by atoms with Gasteiger partial charge < -0.3 is 19.0 Å². The molecule has 0 radical (unpaired) electrons. The van der Waals surface area contributed by atoms with E-state index in [0.29, 0.717) is 32.0 Å². The first-order valence-electron chi connectivity index (χ1n) is 9.78. The third kappa shape index (κ3) is 4.73. The number of thiophene rings is 1. The molecule has 8 nitrogen and oxygen atoms in total. The summed E-state index contributed by atoms with van der Waals surface area (Å²) in [6.45, 7) is 0. The highest BCUT2D eigenvalue weighted by Crippen LogP contribution is 2.38. The van der Waals surface area contributed by atoms with Crippen LogP contribution in [0.15, 0.2) is 26.4 Å². The molecular formula is C20H21BrN4O4S2. The van der Waals surface area contributed by atoms with Gasteiger partial charge in [-0.25, -0.2) is 4.79 Å². The Bertz CT molecular complexity index is 1120. The van der Waals surface area contributed by atoms with Gasteiger partial charge in [0.15, 0.2) is 21.4 Å². The molecule has 0 unspecified atom stereocenters. The van der Waals surface area contributed by atoms with Crippen LogP contribution in [-0.2, 0) is 29.4 Å². The largest absolute Gasteiger partial charge is 0.465 e. The minimum atomic E-state index is -0.398. The predicted molar refractivity (Wildman–Crippen MR) is 123 cm³/mol. The maximum absolute atomic E-state index is 12.7. The van der Waals surface area contributed by atoms with Crippen LogP contribution < -0.4 is 5.32 Å². The smallest absolute Gasteiger partial charge is 0.341 e. The number of ether oxygens (including phenoxy) is 1. The van der Waals surface area contributed by atoms with Crippen molar-refractivity contribution in [2.45, 2.75) is 37.3 Å². The molecule has 164 valence electrons. The Morgan fingerprint density at radius 1 is 1.29 bits per heavy atom. The van der Waals surface area contributed by atoms with Crippen molar-refractivity contribution in [2.24, 2.45) is 7.05 Å². The Kier molecular flexibility index (Phi) is 6.83. The zero-order valence-electron chi connectivity index (χ0n) is 17.1. The molecular weight excluding hydrogens is 504 g/mol. The molecule has 0 bridgehead atoms. The SMILES string of the molecule is COC(=O)c1c(NC(=O)CSc2nnc(-c3ccc(Br)o3)n2C)sc2c1CCCCC2. The molecule has 11 heteroatoms. The van der Waals surface area contributed by atoms with E-state index in [9.17, 15) is 9.59 Å². The Labute approximate surface area is 195 Å². The number of rotatable bonds is 6. The van der Waals surface area contributed by atoms with E-state index in [-0.39, 0.29) is 11.7 Å². The Hall–Kier alpha value is -2.11. The van der Waals surface area contributed by atoms with Crippen molar-refractivity contribution in [3.8, 4) is 11.6 Å². The summed E-state index contributed by atoms with van der Waals surface area (Å²) in [6, 6.07) is 3.58. The van der Waals surface area contributed by atoms with Crippen LogP contribution in [0.5, 0.6) is 0 Å². The number of aromatic nitrogens is 3. The second-order valence-corrected chi connectivity index (χ2v) is 9.90. The highest BCUT2D eigenvalue weighted by Gasteiger charge is 2.26. The summed E-state index contributed by atoms with van der Waals surface area (Å²) in [7, 11) is 3.19. The fourth-order valence-electron chi connectivity index (χ4n) is 3.53. The van der Waals surface area contributed by atoms with Gasteiger partial charge in [-0.2, -0.15) is 0 Å². The molecule has 0 aromatic carbocycles. The van der Waals surface area contributed by atoms with Crippen LogP contribution in [0.2, 0.25) is 0 Å². The van der Waals surface area contributed by atoms with Gasteiger partial charge in [-0.1, -0.05) is 18.2 Å². The van der Waals surface area contributed by atoms with Crippen LogP contribution in [0.25, 0.3) is 11.6 Å². The Morgan fingerprint density at radius 2 is 2.10 bits per heavy atom. The molecule has 31 heavy (non-hydrogen) atoms. The summed E-state index contributed by atoms with van der Waals surface area (Å²) in [5.41, 5.74) is 1.53. The number of anilines is 1. The minimum absolute atomic E-state index is 0.136. The van der Waals surface area contributed by atoms with Crippen LogP contribution in [0.1, 0.15) is 40.1 Å². The molecule has 1 N–H and O–H groups in total. The average molecular weight is 525 g/mol. The number of methoxy groups -OCH3 is 1. The maximum atomic E-state index is 12.7. The topological polar surface area (TPSA) is 99.2 Å². The third-order valence-electron chi connectivity index (χ3n) is 5.02. The van der Waals surface area contributed by atoms with Gasteiger partial charge in [0.1, 0.15) is 5.00 Å². The number of hydrogen-bond donors (Lipinski definition) is 1. The van der Waals surface area contributed by atoms with Gasteiger partial charge in [0.25, 0.3) is 0 Å². The van der Waals surface area contributed by atoms with E-state index >= 15 is 0 Å². The Morgan fingerprint density at radius 3 is 2.84 bits per heavy atom. The highest BCUT2D eigenvalue weighted by molar-refractivity contribution is 9.10. The van der Waals surface area contributed by atoms with Gasteiger partial charge >= 0.3 is 5.97 Å². The van der Waals surface area contributed by atoms with Crippen molar-refractivity contribution < 1.29 is 18.7 Å². The van der Waals surface area contributed by atoms with Crippen LogP contribution in [0.4, 0.5) is 5.00 Å². The number of esters is 1. The molecule has 0 saturated carbocycles. The summed E-state index contributed by atoms with van der Waals surface area (Å²) in [5, 5.41) is 12.4. The molecule has 4 rings (SSSR count). The van der Waals surface area contributed by atoms with E-state index < -0.39 is 5.97 Å². The molecule has 3 aromatic rings. The van der Waals surface area contributed by atoms with E-state index in [1.54, 1.807) is 16.7 Å². The van der Waals surface area contributed by atoms with E-state index in [1.165, 1.54) is 35.1 Å². The highest BCUT2D eigenvalue weighted by atomic mass is 79.9. The number of aryl methyl sites for hydroxylation is 1. The van der Waals surface area contributed by atoms with Crippen LogP contribution in [0, 0.1) is 0 Å². The number of amides is 1. The predicted octanol–water partition coefficient (Wildman–Crippen LogP) is 4.69. The summed E-state index contributed by atoms with van der Waals surface area (Å²) < 4.78 is 12.9. The number of carbonyl (C=O) groups excluding carboxylic acids is 2. The van der Waals surface area contributed by atoms with Gasteiger partial charge in [-0.05, 0) is 59.3 Å². The van der Waals surface area contributed by atoms with Crippen LogP contribution >= 0.6 is 39.0 Å². The summed E-state index contributed by atoms with van der Waals surface area (Å²) in [5.74, 6) is 0.683. The number of hydrogen-bond acceptors (Lipinski definition) is 8. The maximum Gasteiger partial charge on any atom is 0.341 e. The molecule has 0 aliphatic heterocycles. The number of thioether (sulfide) groups is 1. The number of halogens is 1. The number of nitrogens with zero attached hydrogens (tertiary/aromatic N) is 3. The van der Waals surface area contributed by atoms with Gasteiger partial charge in [0.05, 0.1) is 18.4 Å². The second-order valence-electron chi connectivity index (χ2n) is 7.07. The zero-order chi connectivity index (χ0) is 22.0. The van der Waals surface area contributed by atoms with Crippen molar-refractivity contribution in [3.63, 3.8) is 0 Å². The lowest BCUT2D eigenvalue weighted by atomic mass is 10.1. The molecule has 1 aliphatic carbocycles. The van der Waals surface area contributed by atoms with Gasteiger partial charge in [0, 0.05) is 11.9 Å². The first-order chi connectivity index (χ1) is 15.0. The quantitative estimate of drug-likeness (QED) is 0.283. The molecule has 0 atom stereocenters. The Balaban J connectivity index is 1.46. The number of nitrogens with one attached hydrogen (secondary N) is 1. The average Bonchev–Trinajstić information content (AvgIpc) is 3.38. The summed E-state index contributed by atoms with van der Waals surface area (Å²) in [6.07, 6.45) is 5.05. The fourth-order valence-corrected chi connectivity index (χ4v) is 5.84. The third-order valence-corrected chi connectivity index (χ3v) is 7.68. The molecule has 3 heterocycles. The lowest BCUT2D eigenvalue weighted by molar-refractivity contribution is -0.113. The van der Waals surface area contributed by atoms with Crippen molar-refractivity contribution in [3.05, 3.63) is 32.8 Å². The van der Waals surface area contributed by atoms with Crippen molar-refractivity contribution in [1.29, 1.82) is 0 Å². The van der Waals surface area contributed by atoms with Crippen molar-refractivity contribution in [1.82, 2.24) is 14.8 Å². The van der Waals surface area contributed by atoms with Crippen molar-refractivity contribution in [2.75, 3.05) is 18.2 Å². The summed E-state index contributed by atoms with van der Waals surface area (Å²) in [4.78, 5) is 26.2. The molecule has 1 aliphatic rings. The fraction of sp³-hybridized carbons (Fsp3) is 0.400. The zero-order valence-corrected chi connectivity index (χ0v) is 20.3. The molecule has 0 fully saturated rings. The van der Waals surface area contributed by atoms with Crippen molar-refractivity contribution >= 4 is 55.9 Å². The van der Waals surface area contributed by atoms with Gasteiger partial charge in [0.2, 0.25) is 5.91 Å². The van der Waals surface area contributed by atoms with Gasteiger partial charge in [-0.15, -0.1) is 21.5 Å². The van der Waals surface area contributed by atoms with Gasteiger partial charge in [-0.3, -0.25) is 4.79 Å². The number of carbonyl (C=O) groups is 2. The minimum Gasteiger partial charge on any atom is -0.465 e. The second kappa shape index (κ2) is 9.58. The molecule has 1 amide bonds. The first kappa shape index (κ1) is 22.1. The number of fused-ring (bicyclic) bond motifs is 1. The molecule has 3 aromatic heterocycles. The van der Waals surface area contributed by atoms with E-state index in [1.807, 2.05) is 7.05 Å². The van der Waals surface area contributed by atoms with Crippen LogP contribution in [-0.4, -0.2) is 39.5 Å². The number of furan rings is 1. The van der Waals surface area contributed by atoms with E-state index in [0.717, 1.165) is 37.7 Å². The standard InChI is InChI=1S/C20H21BrN4O4S2/c1-25-17(12-8-9-14(21)29-12)23-24-20(25)30-10-15(26)22-18-16(19(27)28-2)11-6-4-3-5-7-13(11)31-18/h8-9H,3-7,10H2,1-2H3,(H,22,26).